The second kappa shape index (κ2) is 8.40. The van der Waals surface area contributed by atoms with E-state index in [0.29, 0.717) is 24.6 Å². The Bertz CT molecular complexity index is 957. The minimum absolute atomic E-state index is 0.0743. The Morgan fingerprint density at radius 2 is 1.82 bits per heavy atom. The quantitative estimate of drug-likeness (QED) is 0.713. The van der Waals surface area contributed by atoms with Gasteiger partial charge in [0.2, 0.25) is 0 Å². The summed E-state index contributed by atoms with van der Waals surface area (Å²) in [7, 11) is 0. The van der Waals surface area contributed by atoms with Crippen molar-refractivity contribution in [2.24, 2.45) is 0 Å². The molecule has 1 N–H and O–H groups in total. The Kier molecular flexibility index (Phi) is 5.53. The van der Waals surface area contributed by atoms with E-state index < -0.39 is 0 Å². The predicted octanol–water partition coefficient (Wildman–Crippen LogP) is 3.98. The molecule has 0 spiro atoms. The van der Waals surface area contributed by atoms with Gasteiger partial charge in [-0.15, -0.1) is 0 Å². The maximum absolute atomic E-state index is 12.7. The number of carbonyl (C=O) groups excluding carboxylic acids is 1. The van der Waals surface area contributed by atoms with Gasteiger partial charge in [-0.25, -0.2) is 9.97 Å². The van der Waals surface area contributed by atoms with Crippen molar-refractivity contribution in [2.75, 3.05) is 18.4 Å². The topological polar surface area (TPSA) is 58.1 Å². The third-order valence-corrected chi connectivity index (χ3v) is 5.17. The summed E-state index contributed by atoms with van der Waals surface area (Å²) in [4.78, 5) is 23.2. The Hall–Kier alpha value is -2.92. The SMILES string of the molecule is O=C(c1cnc(NCCc2ccc(Cl)cc2)cn1)N1CCc2ccccc2C1. The fourth-order valence-corrected chi connectivity index (χ4v) is 3.47. The number of benzene rings is 2. The number of nitrogens with one attached hydrogen (secondary N) is 1. The van der Waals surface area contributed by atoms with Gasteiger partial charge in [0.25, 0.3) is 5.91 Å². The molecule has 0 aliphatic carbocycles. The summed E-state index contributed by atoms with van der Waals surface area (Å²) >= 11 is 5.90. The van der Waals surface area contributed by atoms with Gasteiger partial charge in [-0.05, 0) is 41.7 Å². The van der Waals surface area contributed by atoms with Crippen molar-refractivity contribution in [3.8, 4) is 0 Å². The molecule has 5 nitrogen and oxygen atoms in total. The fraction of sp³-hybridized carbons (Fsp3) is 0.227. The molecule has 1 amide bonds. The summed E-state index contributed by atoms with van der Waals surface area (Å²) in [6, 6.07) is 16.0. The van der Waals surface area contributed by atoms with Gasteiger partial charge < -0.3 is 10.2 Å². The number of hydrogen-bond acceptors (Lipinski definition) is 4. The van der Waals surface area contributed by atoms with E-state index in [1.807, 2.05) is 41.3 Å². The Morgan fingerprint density at radius 3 is 2.57 bits per heavy atom. The lowest BCUT2D eigenvalue weighted by molar-refractivity contribution is 0.0728. The van der Waals surface area contributed by atoms with Crippen LogP contribution in [0, 0.1) is 0 Å². The molecule has 0 bridgehead atoms. The van der Waals surface area contributed by atoms with Gasteiger partial charge in [-0.1, -0.05) is 48.0 Å². The highest BCUT2D eigenvalue weighted by Crippen LogP contribution is 2.20. The summed E-state index contributed by atoms with van der Waals surface area (Å²) in [6.07, 6.45) is 4.90. The van der Waals surface area contributed by atoms with E-state index in [9.17, 15) is 4.79 Å². The molecule has 1 aliphatic rings. The number of carbonyl (C=O) groups is 1. The van der Waals surface area contributed by atoms with E-state index >= 15 is 0 Å². The lowest BCUT2D eigenvalue weighted by Crippen LogP contribution is -2.36. The van der Waals surface area contributed by atoms with E-state index in [-0.39, 0.29) is 5.91 Å². The van der Waals surface area contributed by atoms with Crippen LogP contribution in [0.4, 0.5) is 5.82 Å². The Labute approximate surface area is 169 Å². The molecule has 1 aromatic heterocycles. The van der Waals surface area contributed by atoms with Crippen molar-refractivity contribution in [2.45, 2.75) is 19.4 Å². The second-order valence-electron chi connectivity index (χ2n) is 6.84. The standard InChI is InChI=1S/C22H21ClN4O/c23-19-7-5-16(6-8-19)9-11-24-21-14-25-20(13-26-21)22(28)27-12-10-17-3-1-2-4-18(17)15-27/h1-8,13-14H,9-12,15H2,(H,24,26). The second-order valence-corrected chi connectivity index (χ2v) is 7.27. The highest BCUT2D eigenvalue weighted by atomic mass is 35.5. The number of nitrogens with zero attached hydrogens (tertiary/aromatic N) is 3. The van der Waals surface area contributed by atoms with Crippen molar-refractivity contribution < 1.29 is 4.79 Å². The molecule has 142 valence electrons. The molecule has 0 saturated heterocycles. The van der Waals surface area contributed by atoms with Crippen LogP contribution in [0.5, 0.6) is 0 Å². The Morgan fingerprint density at radius 1 is 1.04 bits per heavy atom. The lowest BCUT2D eigenvalue weighted by Gasteiger charge is -2.28. The highest BCUT2D eigenvalue weighted by molar-refractivity contribution is 6.30. The van der Waals surface area contributed by atoms with E-state index in [4.69, 9.17) is 11.6 Å². The monoisotopic (exact) mass is 392 g/mol. The van der Waals surface area contributed by atoms with Gasteiger partial charge in [0.1, 0.15) is 11.5 Å². The van der Waals surface area contributed by atoms with Crippen molar-refractivity contribution in [1.82, 2.24) is 14.9 Å². The van der Waals surface area contributed by atoms with Gasteiger partial charge >= 0.3 is 0 Å². The zero-order chi connectivity index (χ0) is 19.3. The third-order valence-electron chi connectivity index (χ3n) is 4.92. The van der Waals surface area contributed by atoms with Crippen LogP contribution in [0.25, 0.3) is 0 Å². The van der Waals surface area contributed by atoms with Crippen LogP contribution in [-0.4, -0.2) is 33.9 Å². The molecule has 1 aliphatic heterocycles. The smallest absolute Gasteiger partial charge is 0.274 e. The van der Waals surface area contributed by atoms with Crippen LogP contribution in [0.2, 0.25) is 5.02 Å². The number of amides is 1. The van der Waals surface area contributed by atoms with E-state index in [2.05, 4.69) is 27.4 Å². The first-order valence-electron chi connectivity index (χ1n) is 9.35. The summed E-state index contributed by atoms with van der Waals surface area (Å²) in [5.41, 5.74) is 4.10. The molecule has 28 heavy (non-hydrogen) atoms. The van der Waals surface area contributed by atoms with E-state index in [0.717, 1.165) is 24.4 Å². The molecule has 0 saturated carbocycles. The van der Waals surface area contributed by atoms with Crippen LogP contribution < -0.4 is 5.32 Å². The molecule has 0 radical (unpaired) electrons. The van der Waals surface area contributed by atoms with Gasteiger partial charge in [-0.2, -0.15) is 0 Å². The van der Waals surface area contributed by atoms with Crippen LogP contribution in [0.3, 0.4) is 0 Å². The number of aromatic nitrogens is 2. The van der Waals surface area contributed by atoms with Crippen molar-refractivity contribution in [1.29, 1.82) is 0 Å². The first-order valence-corrected chi connectivity index (χ1v) is 9.73. The zero-order valence-electron chi connectivity index (χ0n) is 15.4. The molecule has 0 atom stereocenters. The van der Waals surface area contributed by atoms with Gasteiger partial charge in [0, 0.05) is 24.7 Å². The molecule has 2 aromatic carbocycles. The molecule has 0 unspecified atom stereocenters. The highest BCUT2D eigenvalue weighted by Gasteiger charge is 2.22. The normalized spacial score (nSPS) is 13.1. The summed E-state index contributed by atoms with van der Waals surface area (Å²) in [5.74, 6) is 0.587. The molecule has 3 aromatic rings. The third kappa shape index (κ3) is 4.31. The maximum atomic E-state index is 12.7. The lowest BCUT2D eigenvalue weighted by atomic mass is 10.00. The number of hydrogen-bond donors (Lipinski definition) is 1. The first kappa shape index (κ1) is 18.4. The van der Waals surface area contributed by atoms with E-state index in [1.165, 1.54) is 16.7 Å². The average Bonchev–Trinajstić information content (AvgIpc) is 2.75. The maximum Gasteiger partial charge on any atom is 0.274 e. The first-order chi connectivity index (χ1) is 13.7. The molecule has 6 heteroatoms. The summed E-state index contributed by atoms with van der Waals surface area (Å²) in [6.45, 7) is 2.06. The van der Waals surface area contributed by atoms with Crippen LogP contribution in [0.1, 0.15) is 27.2 Å². The fourth-order valence-electron chi connectivity index (χ4n) is 3.35. The van der Waals surface area contributed by atoms with Gasteiger partial charge in [0.15, 0.2) is 0 Å². The van der Waals surface area contributed by atoms with Crippen LogP contribution >= 0.6 is 11.6 Å². The number of rotatable bonds is 5. The molecule has 4 rings (SSSR count). The molecule has 2 heterocycles. The van der Waals surface area contributed by atoms with Gasteiger partial charge in [-0.3, -0.25) is 4.79 Å². The number of halogens is 1. The Balaban J connectivity index is 1.33. The summed E-state index contributed by atoms with van der Waals surface area (Å²) < 4.78 is 0. The van der Waals surface area contributed by atoms with Crippen LogP contribution in [0.15, 0.2) is 60.9 Å². The average molecular weight is 393 g/mol. The predicted molar refractivity (Wildman–Crippen MR) is 111 cm³/mol. The molecular weight excluding hydrogens is 372 g/mol. The minimum Gasteiger partial charge on any atom is -0.368 e. The van der Waals surface area contributed by atoms with Crippen LogP contribution in [-0.2, 0) is 19.4 Å². The number of fused-ring (bicyclic) bond motifs is 1. The van der Waals surface area contributed by atoms with Gasteiger partial charge in [0.05, 0.1) is 12.4 Å². The van der Waals surface area contributed by atoms with Crippen molar-refractivity contribution in [3.63, 3.8) is 0 Å². The van der Waals surface area contributed by atoms with E-state index in [1.54, 1.807) is 12.4 Å². The zero-order valence-corrected chi connectivity index (χ0v) is 16.2. The molecule has 0 fully saturated rings. The number of anilines is 1. The summed E-state index contributed by atoms with van der Waals surface area (Å²) in [5, 5.41) is 3.97. The largest absolute Gasteiger partial charge is 0.368 e. The van der Waals surface area contributed by atoms with Crippen molar-refractivity contribution >= 4 is 23.3 Å². The minimum atomic E-state index is -0.0743. The molecular formula is C22H21ClN4O. The van der Waals surface area contributed by atoms with Crippen molar-refractivity contribution in [3.05, 3.63) is 88.3 Å².